The van der Waals surface area contributed by atoms with E-state index in [0.29, 0.717) is 12.2 Å². The minimum absolute atomic E-state index is 0.0905. The number of rotatable bonds is 5. The van der Waals surface area contributed by atoms with Crippen molar-refractivity contribution in [1.29, 1.82) is 0 Å². The molecule has 0 aliphatic rings. The highest BCUT2D eigenvalue weighted by atomic mass is 16.5. The van der Waals surface area contributed by atoms with Gasteiger partial charge in [0.25, 0.3) is 5.91 Å². The van der Waals surface area contributed by atoms with Crippen LogP contribution in [0.25, 0.3) is 0 Å². The van der Waals surface area contributed by atoms with Crippen molar-refractivity contribution in [2.24, 2.45) is 0 Å². The Morgan fingerprint density at radius 2 is 2.39 bits per heavy atom. The fraction of sp³-hybridized carbons (Fsp3) is 0.333. The number of aromatic nitrogens is 1. The SMILES string of the molecule is CC(O)(CNC(=O)c1ccno1)Cc1ccco1. The summed E-state index contributed by atoms with van der Waals surface area (Å²) in [7, 11) is 0. The molecule has 18 heavy (non-hydrogen) atoms. The molecule has 0 saturated carbocycles. The maximum Gasteiger partial charge on any atom is 0.289 e. The fourth-order valence-electron chi connectivity index (χ4n) is 1.54. The number of aliphatic hydroxyl groups is 1. The summed E-state index contributed by atoms with van der Waals surface area (Å²) in [5, 5.41) is 16.1. The molecule has 96 valence electrons. The van der Waals surface area contributed by atoms with E-state index in [1.807, 2.05) is 0 Å². The molecule has 0 bridgehead atoms. The zero-order chi connectivity index (χ0) is 13.0. The average molecular weight is 250 g/mol. The number of furan rings is 1. The van der Waals surface area contributed by atoms with Crippen LogP contribution in [-0.4, -0.2) is 28.3 Å². The summed E-state index contributed by atoms with van der Waals surface area (Å²) in [5.41, 5.74) is -1.09. The van der Waals surface area contributed by atoms with Gasteiger partial charge in [-0.15, -0.1) is 0 Å². The molecule has 2 N–H and O–H groups in total. The van der Waals surface area contributed by atoms with Gasteiger partial charge in [-0.3, -0.25) is 4.79 Å². The van der Waals surface area contributed by atoms with Gasteiger partial charge in [0.15, 0.2) is 0 Å². The van der Waals surface area contributed by atoms with Crippen LogP contribution in [0.1, 0.15) is 23.2 Å². The smallest absolute Gasteiger partial charge is 0.289 e. The second kappa shape index (κ2) is 5.05. The second-order valence-electron chi connectivity index (χ2n) is 4.31. The molecule has 2 aromatic rings. The van der Waals surface area contributed by atoms with Crippen molar-refractivity contribution in [3.63, 3.8) is 0 Å². The molecule has 0 fully saturated rings. The quantitative estimate of drug-likeness (QED) is 0.826. The molecule has 6 nitrogen and oxygen atoms in total. The van der Waals surface area contributed by atoms with E-state index >= 15 is 0 Å². The van der Waals surface area contributed by atoms with Crippen molar-refractivity contribution in [1.82, 2.24) is 10.5 Å². The van der Waals surface area contributed by atoms with E-state index in [1.54, 1.807) is 25.3 Å². The first kappa shape index (κ1) is 12.4. The molecule has 2 aromatic heterocycles. The molecule has 1 unspecified atom stereocenters. The lowest BCUT2D eigenvalue weighted by Crippen LogP contribution is -2.42. The number of carbonyl (C=O) groups is 1. The van der Waals surface area contributed by atoms with Crippen LogP contribution in [0.2, 0.25) is 0 Å². The van der Waals surface area contributed by atoms with E-state index in [0.717, 1.165) is 0 Å². The first-order chi connectivity index (χ1) is 8.57. The van der Waals surface area contributed by atoms with Gasteiger partial charge in [0, 0.05) is 19.0 Å². The maximum atomic E-state index is 11.6. The van der Waals surface area contributed by atoms with E-state index < -0.39 is 11.5 Å². The first-order valence-corrected chi connectivity index (χ1v) is 5.50. The summed E-state index contributed by atoms with van der Waals surface area (Å²) >= 11 is 0. The van der Waals surface area contributed by atoms with Crippen molar-refractivity contribution < 1.29 is 18.8 Å². The van der Waals surface area contributed by atoms with Crippen LogP contribution in [0.4, 0.5) is 0 Å². The van der Waals surface area contributed by atoms with Gasteiger partial charge in [-0.25, -0.2) is 0 Å². The fourth-order valence-corrected chi connectivity index (χ4v) is 1.54. The Kier molecular flexibility index (Phi) is 3.47. The van der Waals surface area contributed by atoms with Crippen LogP contribution >= 0.6 is 0 Å². The van der Waals surface area contributed by atoms with Gasteiger partial charge in [0.2, 0.25) is 5.76 Å². The maximum absolute atomic E-state index is 11.6. The monoisotopic (exact) mass is 250 g/mol. The third kappa shape index (κ3) is 3.21. The highest BCUT2D eigenvalue weighted by Gasteiger charge is 2.24. The predicted molar refractivity (Wildman–Crippen MR) is 61.9 cm³/mol. The zero-order valence-electron chi connectivity index (χ0n) is 9.92. The second-order valence-corrected chi connectivity index (χ2v) is 4.31. The molecule has 1 amide bonds. The van der Waals surface area contributed by atoms with Crippen LogP contribution in [-0.2, 0) is 6.42 Å². The third-order valence-corrected chi connectivity index (χ3v) is 2.43. The van der Waals surface area contributed by atoms with E-state index in [2.05, 4.69) is 10.5 Å². The number of hydrogen-bond acceptors (Lipinski definition) is 5. The largest absolute Gasteiger partial charge is 0.469 e. The normalized spacial score (nSPS) is 14.1. The van der Waals surface area contributed by atoms with Gasteiger partial charge in [0.1, 0.15) is 5.76 Å². The Hall–Kier alpha value is -2.08. The minimum atomic E-state index is -1.09. The zero-order valence-corrected chi connectivity index (χ0v) is 9.92. The standard InChI is InChI=1S/C12H14N2O4/c1-12(16,7-9-3-2-6-17-9)8-13-11(15)10-4-5-14-18-10/h2-6,16H,7-8H2,1H3,(H,13,15). The van der Waals surface area contributed by atoms with Gasteiger partial charge in [-0.05, 0) is 19.1 Å². The molecule has 0 saturated heterocycles. The third-order valence-electron chi connectivity index (χ3n) is 2.43. The number of hydrogen-bond donors (Lipinski definition) is 2. The Balaban J connectivity index is 1.87. The molecule has 2 heterocycles. The molecule has 2 rings (SSSR count). The van der Waals surface area contributed by atoms with Crippen LogP contribution in [0.15, 0.2) is 39.6 Å². The Bertz CT molecular complexity index is 488. The number of carbonyl (C=O) groups excluding carboxylic acids is 1. The van der Waals surface area contributed by atoms with E-state index in [1.165, 1.54) is 12.3 Å². The molecule has 0 aliphatic heterocycles. The van der Waals surface area contributed by atoms with Crippen molar-refractivity contribution in [3.05, 3.63) is 42.2 Å². The van der Waals surface area contributed by atoms with E-state index in [4.69, 9.17) is 8.94 Å². The Morgan fingerprint density at radius 1 is 1.56 bits per heavy atom. The summed E-state index contributed by atoms with van der Waals surface area (Å²) in [6.07, 6.45) is 3.24. The van der Waals surface area contributed by atoms with Crippen molar-refractivity contribution in [2.45, 2.75) is 18.9 Å². The Morgan fingerprint density at radius 3 is 3.00 bits per heavy atom. The summed E-state index contributed by atoms with van der Waals surface area (Å²) in [6.45, 7) is 1.71. The lowest BCUT2D eigenvalue weighted by molar-refractivity contribution is 0.0501. The summed E-state index contributed by atoms with van der Waals surface area (Å²) in [5.74, 6) is 0.366. The highest BCUT2D eigenvalue weighted by Crippen LogP contribution is 2.13. The molecule has 0 aromatic carbocycles. The summed E-state index contributed by atoms with van der Waals surface area (Å²) < 4.78 is 9.85. The van der Waals surface area contributed by atoms with Gasteiger partial charge < -0.3 is 19.4 Å². The first-order valence-electron chi connectivity index (χ1n) is 5.50. The van der Waals surface area contributed by atoms with Gasteiger partial charge in [-0.2, -0.15) is 0 Å². The molecule has 0 aliphatic carbocycles. The number of amides is 1. The van der Waals surface area contributed by atoms with Gasteiger partial charge in [-0.1, -0.05) is 5.16 Å². The molecular formula is C12H14N2O4. The van der Waals surface area contributed by atoms with E-state index in [9.17, 15) is 9.90 Å². The topological polar surface area (TPSA) is 88.5 Å². The minimum Gasteiger partial charge on any atom is -0.469 e. The lowest BCUT2D eigenvalue weighted by atomic mass is 10.0. The molecular weight excluding hydrogens is 236 g/mol. The van der Waals surface area contributed by atoms with Crippen molar-refractivity contribution in [3.8, 4) is 0 Å². The van der Waals surface area contributed by atoms with E-state index in [-0.39, 0.29) is 12.3 Å². The number of nitrogens with one attached hydrogen (secondary N) is 1. The van der Waals surface area contributed by atoms with Crippen LogP contribution < -0.4 is 5.32 Å². The van der Waals surface area contributed by atoms with Crippen molar-refractivity contribution in [2.75, 3.05) is 6.54 Å². The summed E-state index contributed by atoms with van der Waals surface area (Å²) in [6, 6.07) is 4.97. The molecule has 0 radical (unpaired) electrons. The predicted octanol–water partition coefficient (Wildman–Crippen LogP) is 0.991. The molecule has 6 heteroatoms. The van der Waals surface area contributed by atoms with Gasteiger partial charge >= 0.3 is 0 Å². The highest BCUT2D eigenvalue weighted by molar-refractivity contribution is 5.91. The van der Waals surface area contributed by atoms with Crippen LogP contribution in [0, 0.1) is 0 Å². The Labute approximate surface area is 104 Å². The van der Waals surface area contributed by atoms with Crippen LogP contribution in [0.5, 0.6) is 0 Å². The number of nitrogens with zero attached hydrogens (tertiary/aromatic N) is 1. The van der Waals surface area contributed by atoms with Crippen LogP contribution in [0.3, 0.4) is 0 Å². The average Bonchev–Trinajstić information content (AvgIpc) is 2.97. The molecule has 0 spiro atoms. The van der Waals surface area contributed by atoms with Crippen molar-refractivity contribution >= 4 is 5.91 Å². The van der Waals surface area contributed by atoms with Gasteiger partial charge in [0.05, 0.1) is 18.1 Å². The summed E-state index contributed by atoms with van der Waals surface area (Å²) in [4.78, 5) is 11.6. The lowest BCUT2D eigenvalue weighted by Gasteiger charge is -2.22. The molecule has 1 atom stereocenters.